The summed E-state index contributed by atoms with van der Waals surface area (Å²) in [7, 11) is 1.80. The lowest BCUT2D eigenvalue weighted by Gasteiger charge is -2.34. The van der Waals surface area contributed by atoms with Gasteiger partial charge in [-0.1, -0.05) is 0 Å². The van der Waals surface area contributed by atoms with Crippen LogP contribution >= 0.6 is 0 Å². The van der Waals surface area contributed by atoms with E-state index in [0.717, 1.165) is 77.4 Å². The van der Waals surface area contributed by atoms with Gasteiger partial charge < -0.3 is 20.3 Å². The molecule has 0 bridgehead atoms. The lowest BCUT2D eigenvalue weighted by Crippen LogP contribution is -2.49. The number of aromatic nitrogens is 2. The van der Waals surface area contributed by atoms with E-state index in [4.69, 9.17) is 4.74 Å². The van der Waals surface area contributed by atoms with E-state index in [1.807, 2.05) is 13.0 Å². The van der Waals surface area contributed by atoms with Gasteiger partial charge in [0.05, 0.1) is 0 Å². The van der Waals surface area contributed by atoms with Crippen LogP contribution in [0.2, 0.25) is 0 Å². The van der Waals surface area contributed by atoms with Crippen molar-refractivity contribution >= 4 is 11.9 Å². The van der Waals surface area contributed by atoms with Crippen LogP contribution in [0.3, 0.4) is 0 Å². The first-order valence-electron chi connectivity index (χ1n) is 9.10. The molecule has 8 heteroatoms. The zero-order valence-corrected chi connectivity index (χ0v) is 15.4. The summed E-state index contributed by atoms with van der Waals surface area (Å²) < 4.78 is 5.33. The number of nitrogens with one attached hydrogen (secondary N) is 2. The largest absolute Gasteiger partial charge is 0.382 e. The van der Waals surface area contributed by atoms with Crippen molar-refractivity contribution in [2.24, 2.45) is 4.99 Å². The molecule has 0 amide bonds. The monoisotopic (exact) mass is 349 g/mol. The van der Waals surface area contributed by atoms with Gasteiger partial charge in [-0.3, -0.25) is 9.89 Å². The van der Waals surface area contributed by atoms with Gasteiger partial charge in [-0.2, -0.15) is 0 Å². The summed E-state index contributed by atoms with van der Waals surface area (Å²) in [5.74, 6) is 1.68. The second-order valence-electron chi connectivity index (χ2n) is 5.85. The first-order valence-corrected chi connectivity index (χ1v) is 9.10. The maximum Gasteiger partial charge on any atom is 0.225 e. The third kappa shape index (κ3) is 7.23. The zero-order chi connectivity index (χ0) is 17.7. The lowest BCUT2D eigenvalue weighted by atomic mass is 10.3. The van der Waals surface area contributed by atoms with Crippen LogP contribution in [0.1, 0.15) is 13.3 Å². The Hall–Kier alpha value is -1.93. The van der Waals surface area contributed by atoms with Gasteiger partial charge in [0.2, 0.25) is 5.95 Å². The first-order chi connectivity index (χ1) is 12.3. The Morgan fingerprint density at radius 1 is 1.16 bits per heavy atom. The fourth-order valence-corrected chi connectivity index (χ4v) is 2.70. The van der Waals surface area contributed by atoms with Crippen LogP contribution < -0.4 is 15.5 Å². The summed E-state index contributed by atoms with van der Waals surface area (Å²) in [5.41, 5.74) is 0. The molecule has 0 aromatic carbocycles. The quantitative estimate of drug-likeness (QED) is 0.374. The topological polar surface area (TPSA) is 77.9 Å². The van der Waals surface area contributed by atoms with Gasteiger partial charge in [-0.25, -0.2) is 9.97 Å². The number of rotatable bonds is 9. The molecule has 1 aromatic heterocycles. The van der Waals surface area contributed by atoms with Crippen molar-refractivity contribution in [2.75, 3.05) is 71.0 Å². The maximum atomic E-state index is 5.33. The molecular weight excluding hydrogens is 318 g/mol. The number of piperazine rings is 1. The minimum Gasteiger partial charge on any atom is -0.382 e. The number of ether oxygens (including phenoxy) is 1. The van der Waals surface area contributed by atoms with Gasteiger partial charge in [0.1, 0.15) is 0 Å². The minimum atomic E-state index is 0.774. The molecule has 0 atom stereocenters. The van der Waals surface area contributed by atoms with Crippen molar-refractivity contribution in [3.8, 4) is 0 Å². The van der Waals surface area contributed by atoms with Crippen LogP contribution in [0, 0.1) is 0 Å². The fourth-order valence-electron chi connectivity index (χ4n) is 2.70. The summed E-state index contributed by atoms with van der Waals surface area (Å²) in [6, 6.07) is 1.85. The van der Waals surface area contributed by atoms with E-state index in [9.17, 15) is 0 Å². The van der Waals surface area contributed by atoms with Crippen molar-refractivity contribution < 1.29 is 4.74 Å². The summed E-state index contributed by atoms with van der Waals surface area (Å²) in [4.78, 5) is 17.6. The summed E-state index contributed by atoms with van der Waals surface area (Å²) in [5, 5.41) is 6.68. The third-order valence-electron chi connectivity index (χ3n) is 4.11. The van der Waals surface area contributed by atoms with Crippen molar-refractivity contribution in [3.05, 3.63) is 18.5 Å². The smallest absolute Gasteiger partial charge is 0.225 e. The Balaban J connectivity index is 1.57. The third-order valence-corrected chi connectivity index (χ3v) is 4.11. The van der Waals surface area contributed by atoms with Crippen LogP contribution in [-0.2, 0) is 4.74 Å². The van der Waals surface area contributed by atoms with Crippen LogP contribution in [0.25, 0.3) is 0 Å². The Morgan fingerprint density at radius 3 is 2.56 bits per heavy atom. The molecule has 0 spiro atoms. The molecule has 0 aliphatic carbocycles. The molecule has 2 N–H and O–H groups in total. The highest BCUT2D eigenvalue weighted by molar-refractivity contribution is 5.79. The van der Waals surface area contributed by atoms with Crippen LogP contribution in [0.4, 0.5) is 5.95 Å². The molecule has 1 fully saturated rings. The van der Waals surface area contributed by atoms with Crippen molar-refractivity contribution in [2.45, 2.75) is 13.3 Å². The van der Waals surface area contributed by atoms with Gasteiger partial charge in [-0.05, 0) is 19.4 Å². The van der Waals surface area contributed by atoms with Gasteiger partial charge >= 0.3 is 0 Å². The standard InChI is InChI=1S/C17H31N7O/c1-3-25-15-5-8-19-16(18-2)20-9-10-23-11-13-24(14-12-23)17-21-6-4-7-22-17/h4,6-7H,3,5,8-15H2,1-2H3,(H2,18,19,20). The molecule has 2 heterocycles. The Kier molecular flexibility index (Phi) is 9.00. The number of anilines is 1. The molecular formula is C17H31N7O. The molecule has 1 saturated heterocycles. The van der Waals surface area contributed by atoms with E-state index >= 15 is 0 Å². The Bertz CT molecular complexity index is 489. The van der Waals surface area contributed by atoms with Gasteiger partial charge in [0, 0.05) is 78.5 Å². The molecule has 1 aliphatic heterocycles. The predicted molar refractivity (Wildman–Crippen MR) is 101 cm³/mol. The van der Waals surface area contributed by atoms with Crippen LogP contribution in [0.15, 0.2) is 23.5 Å². The molecule has 8 nitrogen and oxygen atoms in total. The molecule has 1 aliphatic rings. The normalized spacial score (nSPS) is 16.1. The van der Waals surface area contributed by atoms with E-state index in [1.54, 1.807) is 19.4 Å². The number of aliphatic imine (C=N–C) groups is 1. The SMILES string of the molecule is CCOCCCNC(=NC)NCCN1CCN(c2ncccn2)CC1. The number of guanidine groups is 1. The van der Waals surface area contributed by atoms with E-state index in [0.29, 0.717) is 0 Å². The molecule has 2 rings (SSSR count). The van der Waals surface area contributed by atoms with Crippen molar-refractivity contribution in [3.63, 3.8) is 0 Å². The molecule has 0 radical (unpaired) electrons. The second kappa shape index (κ2) is 11.6. The minimum absolute atomic E-state index is 0.774. The average Bonchev–Trinajstić information content (AvgIpc) is 2.67. The van der Waals surface area contributed by atoms with Crippen LogP contribution in [-0.4, -0.2) is 86.9 Å². The number of hydrogen-bond donors (Lipinski definition) is 2. The van der Waals surface area contributed by atoms with Gasteiger partial charge in [0.25, 0.3) is 0 Å². The molecule has 1 aromatic rings. The summed E-state index contributed by atoms with van der Waals surface area (Å²) in [6.07, 6.45) is 4.58. The van der Waals surface area contributed by atoms with Crippen LogP contribution in [0.5, 0.6) is 0 Å². The predicted octanol–water partition coefficient (Wildman–Crippen LogP) is 0.190. The highest BCUT2D eigenvalue weighted by atomic mass is 16.5. The highest BCUT2D eigenvalue weighted by Gasteiger charge is 2.18. The van der Waals surface area contributed by atoms with Crippen molar-refractivity contribution in [1.82, 2.24) is 25.5 Å². The van der Waals surface area contributed by atoms with E-state index in [1.165, 1.54) is 0 Å². The van der Waals surface area contributed by atoms with Crippen molar-refractivity contribution in [1.29, 1.82) is 0 Å². The Labute approximate surface area is 150 Å². The maximum absolute atomic E-state index is 5.33. The first kappa shape index (κ1) is 19.4. The highest BCUT2D eigenvalue weighted by Crippen LogP contribution is 2.08. The van der Waals surface area contributed by atoms with Gasteiger partial charge in [-0.15, -0.1) is 0 Å². The van der Waals surface area contributed by atoms with Gasteiger partial charge in [0.15, 0.2) is 5.96 Å². The summed E-state index contributed by atoms with van der Waals surface area (Å²) in [6.45, 7) is 10.3. The average molecular weight is 349 g/mol. The molecule has 0 unspecified atom stereocenters. The molecule has 25 heavy (non-hydrogen) atoms. The zero-order valence-electron chi connectivity index (χ0n) is 15.4. The Morgan fingerprint density at radius 2 is 1.88 bits per heavy atom. The number of nitrogens with zero attached hydrogens (tertiary/aromatic N) is 5. The molecule has 0 saturated carbocycles. The van der Waals surface area contributed by atoms with E-state index in [2.05, 4.69) is 35.4 Å². The summed E-state index contributed by atoms with van der Waals surface area (Å²) >= 11 is 0. The number of hydrogen-bond acceptors (Lipinski definition) is 6. The second-order valence-corrected chi connectivity index (χ2v) is 5.85. The lowest BCUT2D eigenvalue weighted by molar-refractivity contribution is 0.145. The van der Waals surface area contributed by atoms with E-state index in [-0.39, 0.29) is 0 Å². The molecule has 140 valence electrons. The fraction of sp³-hybridized carbons (Fsp3) is 0.706. The van der Waals surface area contributed by atoms with E-state index < -0.39 is 0 Å².